The van der Waals surface area contributed by atoms with E-state index in [-0.39, 0.29) is 16.7 Å². The van der Waals surface area contributed by atoms with Crippen molar-refractivity contribution in [3.8, 4) is 17.2 Å². The molecule has 1 saturated heterocycles. The van der Waals surface area contributed by atoms with Crippen molar-refractivity contribution in [3.05, 3.63) is 77.3 Å². The van der Waals surface area contributed by atoms with Crippen LogP contribution in [-0.4, -0.2) is 37.1 Å². The Labute approximate surface area is 208 Å². The van der Waals surface area contributed by atoms with Crippen LogP contribution in [0.2, 0.25) is 0 Å². The Hall–Kier alpha value is -4.20. The van der Waals surface area contributed by atoms with Crippen molar-refractivity contribution in [2.24, 2.45) is 0 Å². The smallest absolute Gasteiger partial charge is 0.300 e. The van der Waals surface area contributed by atoms with Crippen LogP contribution in [0.25, 0.3) is 5.76 Å². The van der Waals surface area contributed by atoms with Gasteiger partial charge in [-0.25, -0.2) is 0 Å². The van der Waals surface area contributed by atoms with Crippen LogP contribution in [0.15, 0.2) is 64.8 Å². The summed E-state index contributed by atoms with van der Waals surface area (Å²) in [6.45, 7) is 6.94. The van der Waals surface area contributed by atoms with Crippen LogP contribution in [0.3, 0.4) is 0 Å². The number of amides is 1. The molecule has 36 heavy (non-hydrogen) atoms. The van der Waals surface area contributed by atoms with E-state index in [1.807, 2.05) is 26.8 Å². The number of aliphatic hydroxyl groups is 1. The fourth-order valence-electron chi connectivity index (χ4n) is 4.50. The number of ketones is 1. The molecule has 0 saturated carbocycles. The number of anilines is 1. The van der Waals surface area contributed by atoms with Crippen LogP contribution in [-0.2, 0) is 15.0 Å². The molecular weight excluding hydrogens is 462 g/mol. The number of hydrogen-bond donors (Lipinski definition) is 1. The number of rotatable bonds is 4. The van der Waals surface area contributed by atoms with Gasteiger partial charge in [0.1, 0.15) is 36.5 Å². The van der Waals surface area contributed by atoms with E-state index in [4.69, 9.17) is 18.6 Å². The molecule has 0 aliphatic carbocycles. The standard InChI is InChI=1S/C28H27NO7/c1-28(2,3)16-7-9-19(33-4)18(14-16)25(30)23-24(21-6-5-11-34-21)29(27(32)26(23)31)17-8-10-20-22(15-17)36-13-12-35-20/h5-11,14-15,24,30H,12-13H2,1-4H3/b25-23+. The number of nitrogens with zero attached hydrogens (tertiary/aromatic N) is 1. The van der Waals surface area contributed by atoms with Gasteiger partial charge < -0.3 is 23.7 Å². The monoisotopic (exact) mass is 489 g/mol. The maximum absolute atomic E-state index is 13.4. The Bertz CT molecular complexity index is 1370. The molecule has 1 amide bonds. The summed E-state index contributed by atoms with van der Waals surface area (Å²) < 4.78 is 22.4. The number of methoxy groups -OCH3 is 1. The predicted octanol–water partition coefficient (Wildman–Crippen LogP) is 4.98. The van der Waals surface area contributed by atoms with Gasteiger partial charge in [0.2, 0.25) is 0 Å². The number of furan rings is 1. The normalized spacial score (nSPS) is 19.0. The van der Waals surface area contributed by atoms with Crippen LogP contribution in [0.1, 0.15) is 43.7 Å². The lowest BCUT2D eigenvalue weighted by Gasteiger charge is -2.26. The van der Waals surface area contributed by atoms with E-state index in [1.54, 1.807) is 42.5 Å². The lowest BCUT2D eigenvalue weighted by Crippen LogP contribution is -2.29. The Morgan fingerprint density at radius 1 is 1.03 bits per heavy atom. The molecular formula is C28H27NO7. The molecule has 1 N–H and O–H groups in total. The minimum absolute atomic E-state index is 0.0887. The fourth-order valence-corrected chi connectivity index (χ4v) is 4.50. The first-order chi connectivity index (χ1) is 17.2. The third-order valence-electron chi connectivity index (χ3n) is 6.38. The first kappa shape index (κ1) is 23.5. The molecule has 0 radical (unpaired) electrons. The van der Waals surface area contributed by atoms with Gasteiger partial charge in [0.05, 0.1) is 24.5 Å². The van der Waals surface area contributed by atoms with Gasteiger partial charge in [0, 0.05) is 11.8 Å². The molecule has 0 spiro atoms. The van der Waals surface area contributed by atoms with Crippen molar-refractivity contribution in [1.29, 1.82) is 0 Å². The van der Waals surface area contributed by atoms with Gasteiger partial charge in [-0.2, -0.15) is 0 Å². The van der Waals surface area contributed by atoms with Gasteiger partial charge in [-0.05, 0) is 47.4 Å². The quantitative estimate of drug-likeness (QED) is 0.313. The summed E-state index contributed by atoms with van der Waals surface area (Å²) in [4.78, 5) is 28.1. The largest absolute Gasteiger partial charge is 0.507 e. The predicted molar refractivity (Wildman–Crippen MR) is 133 cm³/mol. The summed E-state index contributed by atoms with van der Waals surface area (Å²) in [5, 5.41) is 11.6. The average Bonchev–Trinajstić information content (AvgIpc) is 3.49. The average molecular weight is 490 g/mol. The van der Waals surface area contributed by atoms with E-state index in [0.29, 0.717) is 47.5 Å². The minimum atomic E-state index is -0.995. The van der Waals surface area contributed by atoms with Crippen molar-refractivity contribution < 1.29 is 33.3 Å². The molecule has 2 aliphatic rings. The van der Waals surface area contributed by atoms with Gasteiger partial charge >= 0.3 is 0 Å². The molecule has 1 unspecified atom stereocenters. The Kier molecular flexibility index (Phi) is 5.74. The van der Waals surface area contributed by atoms with Gasteiger partial charge in [0.25, 0.3) is 11.7 Å². The zero-order chi connectivity index (χ0) is 25.6. The zero-order valence-corrected chi connectivity index (χ0v) is 20.5. The highest BCUT2D eigenvalue weighted by Crippen LogP contribution is 2.45. The van der Waals surface area contributed by atoms with Crippen LogP contribution in [0.5, 0.6) is 17.2 Å². The van der Waals surface area contributed by atoms with Gasteiger partial charge in [0.15, 0.2) is 11.5 Å². The molecule has 3 aromatic rings. The second kappa shape index (κ2) is 8.78. The third kappa shape index (κ3) is 3.88. The zero-order valence-electron chi connectivity index (χ0n) is 20.5. The van der Waals surface area contributed by atoms with Crippen molar-refractivity contribution in [1.82, 2.24) is 0 Å². The summed E-state index contributed by atoms with van der Waals surface area (Å²) in [5.74, 6) is -0.218. The third-order valence-corrected chi connectivity index (χ3v) is 6.38. The van der Waals surface area contributed by atoms with Crippen LogP contribution >= 0.6 is 0 Å². The van der Waals surface area contributed by atoms with Crippen molar-refractivity contribution >= 4 is 23.1 Å². The van der Waals surface area contributed by atoms with E-state index in [0.717, 1.165) is 5.56 Å². The number of carbonyl (C=O) groups excluding carboxylic acids is 2. The Balaban J connectivity index is 1.70. The van der Waals surface area contributed by atoms with Gasteiger partial charge in [-0.15, -0.1) is 0 Å². The topological polar surface area (TPSA) is 98.4 Å². The number of hydrogen-bond acceptors (Lipinski definition) is 7. The maximum Gasteiger partial charge on any atom is 0.300 e. The second-order valence-corrected chi connectivity index (χ2v) is 9.68. The molecule has 8 nitrogen and oxygen atoms in total. The summed E-state index contributed by atoms with van der Waals surface area (Å²) >= 11 is 0. The Morgan fingerprint density at radius 2 is 1.78 bits per heavy atom. The second-order valence-electron chi connectivity index (χ2n) is 9.68. The van der Waals surface area contributed by atoms with Crippen molar-refractivity contribution in [2.45, 2.75) is 32.2 Å². The number of ether oxygens (including phenoxy) is 3. The molecule has 3 heterocycles. The highest BCUT2D eigenvalue weighted by atomic mass is 16.6. The van der Waals surface area contributed by atoms with E-state index < -0.39 is 17.7 Å². The molecule has 0 bridgehead atoms. The van der Waals surface area contributed by atoms with Crippen molar-refractivity contribution in [2.75, 3.05) is 25.2 Å². The van der Waals surface area contributed by atoms with E-state index in [2.05, 4.69) is 0 Å². The molecule has 186 valence electrons. The number of Topliss-reactive ketones (excluding diaryl/α,β-unsaturated/α-hetero) is 1. The van der Waals surface area contributed by atoms with Crippen molar-refractivity contribution in [3.63, 3.8) is 0 Å². The maximum atomic E-state index is 13.4. The van der Waals surface area contributed by atoms with Crippen LogP contribution in [0.4, 0.5) is 5.69 Å². The molecule has 1 fully saturated rings. The number of benzene rings is 2. The number of carbonyl (C=O) groups is 2. The molecule has 1 aromatic heterocycles. The first-order valence-electron chi connectivity index (χ1n) is 11.6. The van der Waals surface area contributed by atoms with Gasteiger partial charge in [-0.1, -0.05) is 26.8 Å². The lowest BCUT2D eigenvalue weighted by atomic mass is 9.85. The molecule has 8 heteroatoms. The first-order valence-corrected chi connectivity index (χ1v) is 11.6. The molecule has 2 aliphatic heterocycles. The molecule has 1 atom stereocenters. The lowest BCUT2D eigenvalue weighted by molar-refractivity contribution is -0.132. The van der Waals surface area contributed by atoms with Crippen LogP contribution in [0, 0.1) is 0 Å². The highest BCUT2D eigenvalue weighted by Gasteiger charge is 2.48. The van der Waals surface area contributed by atoms with Crippen LogP contribution < -0.4 is 19.1 Å². The molecule has 2 aromatic carbocycles. The van der Waals surface area contributed by atoms with E-state index >= 15 is 0 Å². The van der Waals surface area contributed by atoms with E-state index in [9.17, 15) is 14.7 Å². The Morgan fingerprint density at radius 3 is 2.44 bits per heavy atom. The fraction of sp³-hybridized carbons (Fsp3) is 0.286. The highest BCUT2D eigenvalue weighted by molar-refractivity contribution is 6.51. The van der Waals surface area contributed by atoms with Gasteiger partial charge in [-0.3, -0.25) is 14.5 Å². The summed E-state index contributed by atoms with van der Waals surface area (Å²) in [7, 11) is 1.49. The SMILES string of the molecule is COc1ccc(C(C)(C)C)cc1/C(O)=C1\C(=O)C(=O)N(c2ccc3c(c2)OCCO3)C1c1ccco1. The summed E-state index contributed by atoms with van der Waals surface area (Å²) in [6, 6.07) is 12.8. The molecule has 5 rings (SSSR count). The number of aliphatic hydroxyl groups excluding tert-OH is 1. The summed E-state index contributed by atoms with van der Waals surface area (Å²) in [5.41, 5.74) is 1.35. The minimum Gasteiger partial charge on any atom is -0.507 e. The van der Waals surface area contributed by atoms with E-state index in [1.165, 1.54) is 18.3 Å². The number of fused-ring (bicyclic) bond motifs is 1. The summed E-state index contributed by atoms with van der Waals surface area (Å²) in [6.07, 6.45) is 1.46.